The summed E-state index contributed by atoms with van der Waals surface area (Å²) in [7, 11) is 1.56. The molecule has 0 aromatic heterocycles. The highest BCUT2D eigenvalue weighted by molar-refractivity contribution is 5.77. The third-order valence-electron chi connectivity index (χ3n) is 7.00. The first-order valence-corrected chi connectivity index (χ1v) is 13.6. The molecule has 0 aliphatic carbocycles. The Morgan fingerprint density at radius 1 is 0.692 bits per heavy atom. The summed E-state index contributed by atoms with van der Waals surface area (Å²) in [5, 5.41) is 62.2. The van der Waals surface area contributed by atoms with E-state index in [1.807, 2.05) is 0 Å². The van der Waals surface area contributed by atoms with E-state index in [0.717, 1.165) is 0 Å². The average molecular weight is 567 g/mol. The van der Waals surface area contributed by atoms with E-state index in [1.54, 1.807) is 25.8 Å². The molecule has 0 unspecified atom stereocenters. The molecule has 2 heterocycles. The molecule has 0 aromatic carbocycles. The Labute approximate surface area is 228 Å². The van der Waals surface area contributed by atoms with Gasteiger partial charge in [0.25, 0.3) is 0 Å². The SMILES string of the molecule is CNC(=O)CCCCC(=O)N(CCCO[C@@H]1O[C@@H](C)[C@@H](O)[C@@H](O)[C@@H]1O)CCCO[C@@H]1O[C@@H](C)[C@@H](O)[C@@H](O)[C@@H]1O. The maximum Gasteiger partial charge on any atom is 0.222 e. The van der Waals surface area contributed by atoms with Crippen LogP contribution < -0.4 is 5.32 Å². The smallest absolute Gasteiger partial charge is 0.222 e. The molecule has 0 saturated carbocycles. The molecule has 2 amide bonds. The van der Waals surface area contributed by atoms with E-state index in [4.69, 9.17) is 18.9 Å². The van der Waals surface area contributed by atoms with Gasteiger partial charge in [-0.05, 0) is 39.5 Å². The first-order valence-electron chi connectivity index (χ1n) is 13.6. The van der Waals surface area contributed by atoms with Crippen LogP contribution in [0, 0.1) is 0 Å². The molecule has 0 bridgehead atoms. The number of unbranched alkanes of at least 4 members (excludes halogenated alkanes) is 1. The Morgan fingerprint density at radius 3 is 1.56 bits per heavy atom. The van der Waals surface area contributed by atoms with Gasteiger partial charge in [-0.15, -0.1) is 0 Å². The van der Waals surface area contributed by atoms with Crippen LogP contribution in [0.15, 0.2) is 0 Å². The van der Waals surface area contributed by atoms with Crippen molar-refractivity contribution in [2.24, 2.45) is 0 Å². The van der Waals surface area contributed by atoms with Crippen molar-refractivity contribution in [3.8, 4) is 0 Å². The van der Waals surface area contributed by atoms with Gasteiger partial charge in [-0.25, -0.2) is 0 Å². The largest absolute Gasteiger partial charge is 0.388 e. The number of carbonyl (C=O) groups is 2. The second kappa shape index (κ2) is 16.7. The predicted octanol–water partition coefficient (Wildman–Crippen LogP) is -2.41. The van der Waals surface area contributed by atoms with Crippen LogP contribution in [-0.2, 0) is 28.5 Å². The number of hydrogen-bond donors (Lipinski definition) is 7. The number of rotatable bonds is 15. The molecule has 2 aliphatic rings. The van der Waals surface area contributed by atoms with Crippen molar-refractivity contribution in [2.45, 2.75) is 114 Å². The van der Waals surface area contributed by atoms with E-state index in [1.165, 1.54) is 0 Å². The predicted molar refractivity (Wildman–Crippen MR) is 135 cm³/mol. The maximum absolute atomic E-state index is 12.9. The van der Waals surface area contributed by atoms with Crippen LogP contribution in [0.25, 0.3) is 0 Å². The van der Waals surface area contributed by atoms with Gasteiger partial charge in [0.2, 0.25) is 11.8 Å². The summed E-state index contributed by atoms with van der Waals surface area (Å²) < 4.78 is 22.0. The third-order valence-corrected chi connectivity index (χ3v) is 7.00. The second-order valence-corrected chi connectivity index (χ2v) is 10.1. The lowest BCUT2D eigenvalue weighted by Gasteiger charge is -2.39. The Kier molecular flexibility index (Phi) is 14.5. The summed E-state index contributed by atoms with van der Waals surface area (Å²) in [5.41, 5.74) is 0. The van der Waals surface area contributed by atoms with E-state index in [2.05, 4.69) is 5.32 Å². The van der Waals surface area contributed by atoms with Gasteiger partial charge < -0.3 is 59.8 Å². The lowest BCUT2D eigenvalue weighted by molar-refractivity contribution is -0.293. The fraction of sp³-hybridized carbons (Fsp3) is 0.920. The number of ether oxygens (including phenoxy) is 4. The van der Waals surface area contributed by atoms with Crippen molar-refractivity contribution in [3.63, 3.8) is 0 Å². The Hall–Kier alpha value is -1.46. The fourth-order valence-electron chi connectivity index (χ4n) is 4.42. The van der Waals surface area contributed by atoms with Crippen molar-refractivity contribution in [1.29, 1.82) is 0 Å². The van der Waals surface area contributed by atoms with E-state index >= 15 is 0 Å². The minimum Gasteiger partial charge on any atom is -0.388 e. The van der Waals surface area contributed by atoms with Gasteiger partial charge >= 0.3 is 0 Å². The van der Waals surface area contributed by atoms with Gasteiger partial charge in [-0.1, -0.05) is 0 Å². The Bertz CT molecular complexity index is 704. The number of hydrogen-bond acceptors (Lipinski definition) is 12. The van der Waals surface area contributed by atoms with Gasteiger partial charge in [0.05, 0.1) is 25.4 Å². The fourth-order valence-corrected chi connectivity index (χ4v) is 4.42. The number of amides is 2. The minimum absolute atomic E-state index is 0.0910. The van der Waals surface area contributed by atoms with Crippen LogP contribution in [-0.4, -0.2) is 142 Å². The Morgan fingerprint density at radius 2 is 1.13 bits per heavy atom. The molecule has 0 radical (unpaired) electrons. The van der Waals surface area contributed by atoms with E-state index in [9.17, 15) is 40.2 Å². The molecule has 39 heavy (non-hydrogen) atoms. The van der Waals surface area contributed by atoms with Crippen molar-refractivity contribution in [2.75, 3.05) is 33.4 Å². The lowest BCUT2D eigenvalue weighted by Crippen LogP contribution is -2.57. The highest BCUT2D eigenvalue weighted by Gasteiger charge is 2.43. The molecule has 2 rings (SSSR count). The topological polar surface area (TPSA) is 208 Å². The van der Waals surface area contributed by atoms with Crippen molar-refractivity contribution < 1.29 is 59.2 Å². The standard InChI is InChI=1S/C25H46N2O12/c1-14-18(30)20(32)22(34)24(38-14)36-12-6-10-27(17(29)9-5-4-8-16(28)26-3)11-7-13-37-25-23(35)21(33)19(31)15(2)39-25/h14-15,18-25,30-35H,4-13H2,1-3H3,(H,26,28)/t14-,15-,18+,19+,20+,21+,22-,23-,24+,25+/m0/s1. The van der Waals surface area contributed by atoms with Gasteiger partial charge in [-0.3, -0.25) is 9.59 Å². The molecular formula is C25H46N2O12. The molecule has 2 fully saturated rings. The van der Waals surface area contributed by atoms with E-state index < -0.39 is 61.4 Å². The Balaban J connectivity index is 1.82. The zero-order valence-corrected chi connectivity index (χ0v) is 22.9. The summed E-state index contributed by atoms with van der Waals surface area (Å²) in [6.45, 7) is 4.00. The van der Waals surface area contributed by atoms with Crippen molar-refractivity contribution >= 4 is 11.8 Å². The normalized spacial score (nSPS) is 35.0. The average Bonchev–Trinajstić information content (AvgIpc) is 2.92. The number of aliphatic hydroxyl groups excluding tert-OH is 6. The molecule has 2 aliphatic heterocycles. The summed E-state index contributed by atoms with van der Waals surface area (Å²) in [5.74, 6) is -0.208. The number of aliphatic hydroxyl groups is 6. The molecular weight excluding hydrogens is 520 g/mol. The van der Waals surface area contributed by atoms with Crippen molar-refractivity contribution in [1.82, 2.24) is 10.2 Å². The summed E-state index contributed by atoms with van der Waals surface area (Å²) in [6, 6.07) is 0. The first-order chi connectivity index (χ1) is 18.5. The monoisotopic (exact) mass is 566 g/mol. The molecule has 10 atom stereocenters. The van der Waals surface area contributed by atoms with Crippen molar-refractivity contribution in [3.05, 3.63) is 0 Å². The van der Waals surface area contributed by atoms with Gasteiger partial charge in [0.15, 0.2) is 12.6 Å². The molecule has 7 N–H and O–H groups in total. The summed E-state index contributed by atoms with van der Waals surface area (Å²) in [6.07, 6.45) is -9.26. The molecule has 0 aromatic rings. The van der Waals surface area contributed by atoms with Crippen LogP contribution in [0.2, 0.25) is 0 Å². The number of carbonyl (C=O) groups excluding carboxylic acids is 2. The second-order valence-electron chi connectivity index (χ2n) is 10.1. The summed E-state index contributed by atoms with van der Waals surface area (Å²) in [4.78, 5) is 25.9. The summed E-state index contributed by atoms with van der Waals surface area (Å²) >= 11 is 0. The number of nitrogens with one attached hydrogen (secondary N) is 1. The lowest BCUT2D eigenvalue weighted by atomic mass is 10.0. The van der Waals surface area contributed by atoms with Gasteiger partial charge in [0.1, 0.15) is 36.6 Å². The maximum atomic E-state index is 12.9. The first kappa shape index (κ1) is 33.7. The van der Waals surface area contributed by atoms with E-state index in [-0.39, 0.29) is 31.4 Å². The number of nitrogens with zero attached hydrogens (tertiary/aromatic N) is 1. The van der Waals surface area contributed by atoms with Gasteiger partial charge in [-0.2, -0.15) is 0 Å². The van der Waals surface area contributed by atoms with Crippen LogP contribution in [0.1, 0.15) is 52.4 Å². The molecule has 14 nitrogen and oxygen atoms in total. The molecule has 228 valence electrons. The quantitative estimate of drug-likeness (QED) is 0.103. The zero-order valence-electron chi connectivity index (χ0n) is 22.9. The van der Waals surface area contributed by atoms with Crippen LogP contribution in [0.4, 0.5) is 0 Å². The molecule has 14 heteroatoms. The van der Waals surface area contributed by atoms with Gasteiger partial charge in [0, 0.05) is 33.0 Å². The van der Waals surface area contributed by atoms with Crippen LogP contribution in [0.5, 0.6) is 0 Å². The minimum atomic E-state index is -1.41. The molecule has 2 saturated heterocycles. The van der Waals surface area contributed by atoms with E-state index in [0.29, 0.717) is 45.2 Å². The molecule has 0 spiro atoms. The highest BCUT2D eigenvalue weighted by Crippen LogP contribution is 2.23. The van der Waals surface area contributed by atoms with Crippen LogP contribution >= 0.6 is 0 Å². The zero-order chi connectivity index (χ0) is 29.1. The third kappa shape index (κ3) is 10.1. The highest BCUT2D eigenvalue weighted by atomic mass is 16.7. The van der Waals surface area contributed by atoms with Crippen LogP contribution in [0.3, 0.4) is 0 Å².